The maximum Gasteiger partial charge on any atom is 0.174 e. The monoisotopic (exact) mass is 223 g/mol. The fourth-order valence-corrected chi connectivity index (χ4v) is 3.60. The number of ether oxygens (including phenoxy) is 1. The van der Waals surface area contributed by atoms with Crippen molar-refractivity contribution in [2.75, 3.05) is 13.1 Å². The first kappa shape index (κ1) is 9.67. The third-order valence-electron chi connectivity index (χ3n) is 3.29. The van der Waals surface area contributed by atoms with Crippen LogP contribution in [0.15, 0.2) is 6.07 Å². The Morgan fingerprint density at radius 1 is 1.27 bits per heavy atom. The average Bonchev–Trinajstić information content (AvgIpc) is 2.79. The summed E-state index contributed by atoms with van der Waals surface area (Å²) in [4.78, 5) is 1.57. The van der Waals surface area contributed by atoms with Gasteiger partial charge in [0.2, 0.25) is 0 Å². The summed E-state index contributed by atoms with van der Waals surface area (Å²) in [6, 6.07) is 2.27. The molecule has 1 aliphatic heterocycles. The van der Waals surface area contributed by atoms with Crippen molar-refractivity contribution in [3.8, 4) is 5.06 Å². The lowest BCUT2D eigenvalue weighted by molar-refractivity contribution is 0.167. The van der Waals surface area contributed by atoms with E-state index in [0.29, 0.717) is 6.10 Å². The van der Waals surface area contributed by atoms with Crippen LogP contribution < -0.4 is 10.1 Å². The second-order valence-corrected chi connectivity index (χ2v) is 5.53. The van der Waals surface area contributed by atoms with E-state index < -0.39 is 0 Å². The highest BCUT2D eigenvalue weighted by molar-refractivity contribution is 7.14. The van der Waals surface area contributed by atoms with E-state index in [-0.39, 0.29) is 0 Å². The van der Waals surface area contributed by atoms with Crippen molar-refractivity contribution < 1.29 is 4.74 Å². The van der Waals surface area contributed by atoms with Gasteiger partial charge in [-0.2, -0.15) is 0 Å². The fourth-order valence-electron chi connectivity index (χ4n) is 2.44. The van der Waals surface area contributed by atoms with E-state index in [1.54, 1.807) is 10.4 Å². The molecule has 0 amide bonds. The van der Waals surface area contributed by atoms with Crippen molar-refractivity contribution >= 4 is 11.3 Å². The lowest BCUT2D eigenvalue weighted by atomic mass is 10.1. The molecular formula is C12H17NOS. The first-order chi connectivity index (χ1) is 7.42. The lowest BCUT2D eigenvalue weighted by Gasteiger charge is -2.22. The summed E-state index contributed by atoms with van der Waals surface area (Å²) in [6.45, 7) is 2.21. The van der Waals surface area contributed by atoms with Gasteiger partial charge in [-0.15, -0.1) is 11.3 Å². The molecule has 3 rings (SSSR count). The minimum Gasteiger partial charge on any atom is -0.481 e. The third kappa shape index (κ3) is 2.04. The number of fused-ring (bicyclic) bond motifs is 1. The smallest absolute Gasteiger partial charge is 0.174 e. The van der Waals surface area contributed by atoms with Crippen LogP contribution in [-0.4, -0.2) is 19.2 Å². The number of hydrogen-bond donors (Lipinski definition) is 1. The van der Waals surface area contributed by atoms with Gasteiger partial charge in [-0.25, -0.2) is 0 Å². The van der Waals surface area contributed by atoms with Gasteiger partial charge in [0.25, 0.3) is 0 Å². The van der Waals surface area contributed by atoms with E-state index in [9.17, 15) is 0 Å². The molecule has 0 radical (unpaired) electrons. The topological polar surface area (TPSA) is 21.3 Å². The first-order valence-corrected chi connectivity index (χ1v) is 6.72. The molecule has 1 saturated heterocycles. The molecule has 82 valence electrons. The SMILES string of the molecule is c1c(OC2CCNCC2)sc2c1CCC2. The van der Waals surface area contributed by atoms with Crippen LogP contribution in [0.25, 0.3) is 0 Å². The molecule has 1 N–H and O–H groups in total. The summed E-state index contributed by atoms with van der Waals surface area (Å²) < 4.78 is 6.03. The summed E-state index contributed by atoms with van der Waals surface area (Å²) in [7, 11) is 0. The van der Waals surface area contributed by atoms with Gasteiger partial charge in [0.1, 0.15) is 6.10 Å². The Kier molecular flexibility index (Phi) is 2.67. The molecule has 0 bridgehead atoms. The molecule has 2 aliphatic rings. The van der Waals surface area contributed by atoms with Crippen LogP contribution in [0.4, 0.5) is 0 Å². The average molecular weight is 223 g/mol. The second-order valence-electron chi connectivity index (χ2n) is 4.43. The zero-order valence-electron chi connectivity index (χ0n) is 8.92. The molecule has 3 heteroatoms. The van der Waals surface area contributed by atoms with Crippen LogP contribution in [0.3, 0.4) is 0 Å². The van der Waals surface area contributed by atoms with Crippen molar-refractivity contribution in [1.82, 2.24) is 5.32 Å². The van der Waals surface area contributed by atoms with E-state index in [2.05, 4.69) is 11.4 Å². The summed E-state index contributed by atoms with van der Waals surface area (Å²) in [5, 5.41) is 4.52. The van der Waals surface area contributed by atoms with Gasteiger partial charge >= 0.3 is 0 Å². The van der Waals surface area contributed by atoms with E-state index in [4.69, 9.17) is 4.74 Å². The van der Waals surface area contributed by atoms with Gasteiger partial charge in [0, 0.05) is 4.88 Å². The Balaban J connectivity index is 1.66. The highest BCUT2D eigenvalue weighted by Gasteiger charge is 2.19. The zero-order valence-corrected chi connectivity index (χ0v) is 9.74. The van der Waals surface area contributed by atoms with E-state index in [1.165, 1.54) is 19.3 Å². The highest BCUT2D eigenvalue weighted by atomic mass is 32.1. The first-order valence-electron chi connectivity index (χ1n) is 5.91. The fraction of sp³-hybridized carbons (Fsp3) is 0.667. The van der Waals surface area contributed by atoms with E-state index >= 15 is 0 Å². The Hall–Kier alpha value is -0.540. The summed E-state index contributed by atoms with van der Waals surface area (Å²) in [5.41, 5.74) is 1.55. The van der Waals surface area contributed by atoms with Crippen LogP contribution in [-0.2, 0) is 12.8 Å². The number of aryl methyl sites for hydroxylation is 2. The van der Waals surface area contributed by atoms with Crippen LogP contribution in [0.5, 0.6) is 5.06 Å². The zero-order chi connectivity index (χ0) is 10.1. The molecule has 1 aromatic heterocycles. The maximum atomic E-state index is 6.03. The lowest BCUT2D eigenvalue weighted by Crippen LogP contribution is -2.33. The van der Waals surface area contributed by atoms with Crippen molar-refractivity contribution in [1.29, 1.82) is 0 Å². The van der Waals surface area contributed by atoms with Gasteiger partial charge in [0.05, 0.1) is 0 Å². The van der Waals surface area contributed by atoms with Crippen molar-refractivity contribution in [2.45, 2.75) is 38.2 Å². The van der Waals surface area contributed by atoms with Crippen molar-refractivity contribution in [3.63, 3.8) is 0 Å². The largest absolute Gasteiger partial charge is 0.481 e. The molecule has 0 spiro atoms. The van der Waals surface area contributed by atoms with Crippen molar-refractivity contribution in [3.05, 3.63) is 16.5 Å². The number of nitrogens with one attached hydrogen (secondary N) is 1. The maximum absolute atomic E-state index is 6.03. The predicted octanol–water partition coefficient (Wildman–Crippen LogP) is 2.37. The molecule has 15 heavy (non-hydrogen) atoms. The quantitative estimate of drug-likeness (QED) is 0.831. The summed E-state index contributed by atoms with van der Waals surface area (Å²) >= 11 is 1.87. The molecule has 1 aliphatic carbocycles. The Labute approximate surface area is 94.6 Å². The molecule has 0 saturated carbocycles. The predicted molar refractivity (Wildman–Crippen MR) is 62.9 cm³/mol. The summed E-state index contributed by atoms with van der Waals surface area (Å²) in [6.07, 6.45) is 6.64. The minimum absolute atomic E-state index is 0.449. The number of thiophene rings is 1. The van der Waals surface area contributed by atoms with Gasteiger partial charge < -0.3 is 10.1 Å². The van der Waals surface area contributed by atoms with Gasteiger partial charge in [-0.3, -0.25) is 0 Å². The molecular weight excluding hydrogens is 206 g/mol. The molecule has 2 nitrogen and oxygen atoms in total. The van der Waals surface area contributed by atoms with Crippen LogP contribution in [0.2, 0.25) is 0 Å². The van der Waals surface area contributed by atoms with Crippen LogP contribution in [0.1, 0.15) is 29.7 Å². The van der Waals surface area contributed by atoms with Gasteiger partial charge in [-0.1, -0.05) is 0 Å². The standard InChI is InChI=1S/C12H17NOS/c1-2-9-8-12(15-11(9)3-1)14-10-4-6-13-7-5-10/h8,10,13H,1-7H2. The van der Waals surface area contributed by atoms with Crippen molar-refractivity contribution in [2.24, 2.45) is 0 Å². The van der Waals surface area contributed by atoms with Crippen LogP contribution in [0, 0.1) is 0 Å². The molecule has 1 fully saturated rings. The molecule has 0 aromatic carbocycles. The third-order valence-corrected chi connectivity index (χ3v) is 4.42. The number of hydrogen-bond acceptors (Lipinski definition) is 3. The molecule has 2 heterocycles. The Morgan fingerprint density at radius 2 is 2.13 bits per heavy atom. The second kappa shape index (κ2) is 4.14. The summed E-state index contributed by atoms with van der Waals surface area (Å²) in [5.74, 6) is 0. The Morgan fingerprint density at radius 3 is 2.93 bits per heavy atom. The number of piperidine rings is 1. The number of rotatable bonds is 2. The molecule has 1 aromatic rings. The van der Waals surface area contributed by atoms with Crippen LogP contribution >= 0.6 is 11.3 Å². The molecule has 0 atom stereocenters. The minimum atomic E-state index is 0.449. The van der Waals surface area contributed by atoms with E-state index in [1.807, 2.05) is 11.3 Å². The van der Waals surface area contributed by atoms with Gasteiger partial charge in [-0.05, 0) is 56.8 Å². The normalized spacial score (nSPS) is 21.6. The Bertz CT molecular complexity index is 320. The van der Waals surface area contributed by atoms with Gasteiger partial charge in [0.15, 0.2) is 5.06 Å². The highest BCUT2D eigenvalue weighted by Crippen LogP contribution is 2.36. The molecule has 0 unspecified atom stereocenters. The van der Waals surface area contributed by atoms with E-state index in [0.717, 1.165) is 31.0 Å².